The van der Waals surface area contributed by atoms with E-state index in [-0.39, 0.29) is 21.7 Å². The van der Waals surface area contributed by atoms with Crippen LogP contribution in [0.3, 0.4) is 0 Å². The molecule has 0 unspecified atom stereocenters. The van der Waals surface area contributed by atoms with E-state index in [4.69, 9.17) is 23.2 Å². The number of halogens is 2. The third-order valence-electron chi connectivity index (χ3n) is 4.02. The van der Waals surface area contributed by atoms with Crippen LogP contribution < -0.4 is 5.32 Å². The van der Waals surface area contributed by atoms with Crippen molar-refractivity contribution in [2.45, 2.75) is 31.6 Å². The molecule has 1 amide bonds. The molecule has 0 spiro atoms. The molecule has 1 aliphatic rings. The fourth-order valence-corrected chi connectivity index (χ4v) is 4.83. The average Bonchev–Trinajstić information content (AvgIpc) is 2.54. The number of hydrogen-bond donors (Lipinski definition) is 1. The van der Waals surface area contributed by atoms with Crippen LogP contribution in [0.5, 0.6) is 0 Å². The van der Waals surface area contributed by atoms with Gasteiger partial charge in [0.2, 0.25) is 15.9 Å². The second kappa shape index (κ2) is 8.04. The number of piperidine rings is 1. The molecule has 0 radical (unpaired) electrons. The van der Waals surface area contributed by atoms with Crippen molar-refractivity contribution in [3.63, 3.8) is 0 Å². The average molecular weight is 393 g/mol. The van der Waals surface area contributed by atoms with E-state index in [1.807, 2.05) is 13.8 Å². The maximum Gasteiger partial charge on any atom is 0.244 e. The topological polar surface area (TPSA) is 66.5 Å². The first-order valence-corrected chi connectivity index (χ1v) is 10.1. The van der Waals surface area contributed by atoms with Crippen molar-refractivity contribution in [2.75, 3.05) is 19.6 Å². The zero-order valence-electron chi connectivity index (χ0n) is 13.8. The second-order valence-electron chi connectivity index (χ2n) is 6.39. The second-order valence-corrected chi connectivity index (χ2v) is 9.14. The number of carbonyl (C=O) groups is 1. The lowest BCUT2D eigenvalue weighted by Crippen LogP contribution is -2.43. The summed E-state index contributed by atoms with van der Waals surface area (Å²) in [7, 11) is -3.70. The quantitative estimate of drug-likeness (QED) is 0.836. The Morgan fingerprint density at radius 1 is 1.29 bits per heavy atom. The number of amides is 1. The molecule has 1 saturated heterocycles. The van der Waals surface area contributed by atoms with Gasteiger partial charge in [-0.2, -0.15) is 4.31 Å². The van der Waals surface area contributed by atoms with Crippen molar-refractivity contribution in [2.24, 2.45) is 11.8 Å². The van der Waals surface area contributed by atoms with Gasteiger partial charge in [0.15, 0.2) is 0 Å². The molecule has 1 N–H and O–H groups in total. The van der Waals surface area contributed by atoms with E-state index in [1.165, 1.54) is 16.4 Å². The standard InChI is InChI=1S/C16H22Cl2N2O3S/c1-11(2)10-19-16(21)12-5-7-20(8-6-12)24(22,23)15-9-13(17)3-4-14(15)18/h3-4,9,11-12H,5-8,10H2,1-2H3,(H,19,21). The molecule has 1 aliphatic heterocycles. The molecule has 2 rings (SSSR count). The van der Waals surface area contributed by atoms with Crippen LogP contribution in [0, 0.1) is 11.8 Å². The third-order valence-corrected chi connectivity index (χ3v) is 6.64. The van der Waals surface area contributed by atoms with Gasteiger partial charge >= 0.3 is 0 Å². The molecular formula is C16H22Cl2N2O3S. The van der Waals surface area contributed by atoms with Crippen LogP contribution in [0.4, 0.5) is 0 Å². The predicted octanol–water partition coefficient (Wildman–Crippen LogP) is 3.17. The number of carbonyl (C=O) groups excluding carboxylic acids is 1. The molecule has 0 aromatic heterocycles. The summed E-state index contributed by atoms with van der Waals surface area (Å²) in [5.41, 5.74) is 0. The lowest BCUT2D eigenvalue weighted by atomic mass is 9.97. The normalized spacial score (nSPS) is 17.2. The minimum atomic E-state index is -3.70. The van der Waals surface area contributed by atoms with Gasteiger partial charge in [-0.05, 0) is 37.0 Å². The van der Waals surface area contributed by atoms with Crippen molar-refractivity contribution in [1.82, 2.24) is 9.62 Å². The Morgan fingerprint density at radius 2 is 1.92 bits per heavy atom. The van der Waals surface area contributed by atoms with Gasteiger partial charge in [-0.1, -0.05) is 37.0 Å². The number of sulfonamides is 1. The third kappa shape index (κ3) is 4.63. The highest BCUT2D eigenvalue weighted by Crippen LogP contribution is 2.30. The summed E-state index contributed by atoms with van der Waals surface area (Å²) in [6.07, 6.45) is 1.00. The van der Waals surface area contributed by atoms with Crippen LogP contribution in [0.15, 0.2) is 23.1 Å². The molecular weight excluding hydrogens is 371 g/mol. The van der Waals surface area contributed by atoms with E-state index >= 15 is 0 Å². The van der Waals surface area contributed by atoms with Crippen LogP contribution in [-0.4, -0.2) is 38.3 Å². The molecule has 1 aromatic carbocycles. The Hall–Kier alpha value is -0.820. The van der Waals surface area contributed by atoms with Crippen LogP contribution in [0.1, 0.15) is 26.7 Å². The van der Waals surface area contributed by atoms with Gasteiger partial charge in [-0.25, -0.2) is 8.42 Å². The van der Waals surface area contributed by atoms with E-state index in [2.05, 4.69) is 5.32 Å². The van der Waals surface area contributed by atoms with Crippen LogP contribution in [-0.2, 0) is 14.8 Å². The molecule has 134 valence electrons. The largest absolute Gasteiger partial charge is 0.356 e. The molecule has 0 aliphatic carbocycles. The smallest absolute Gasteiger partial charge is 0.244 e. The van der Waals surface area contributed by atoms with Crippen LogP contribution in [0.25, 0.3) is 0 Å². The fraction of sp³-hybridized carbons (Fsp3) is 0.562. The first kappa shape index (κ1) is 19.5. The highest BCUT2D eigenvalue weighted by atomic mass is 35.5. The summed E-state index contributed by atoms with van der Waals surface area (Å²) in [5, 5.41) is 3.38. The predicted molar refractivity (Wildman–Crippen MR) is 95.8 cm³/mol. The number of nitrogens with one attached hydrogen (secondary N) is 1. The summed E-state index contributed by atoms with van der Waals surface area (Å²) in [5.74, 6) is 0.242. The molecule has 0 saturated carbocycles. The maximum atomic E-state index is 12.7. The highest BCUT2D eigenvalue weighted by Gasteiger charge is 2.33. The van der Waals surface area contributed by atoms with Crippen molar-refractivity contribution < 1.29 is 13.2 Å². The Bertz CT molecular complexity index is 699. The first-order chi connectivity index (χ1) is 11.2. The molecule has 5 nitrogen and oxygen atoms in total. The summed E-state index contributed by atoms with van der Waals surface area (Å²) in [6, 6.07) is 4.39. The van der Waals surface area contributed by atoms with Crippen molar-refractivity contribution in [1.29, 1.82) is 0 Å². The van der Waals surface area contributed by atoms with Crippen molar-refractivity contribution in [3.05, 3.63) is 28.2 Å². The van der Waals surface area contributed by atoms with E-state index in [0.717, 1.165) is 0 Å². The van der Waals surface area contributed by atoms with Crippen molar-refractivity contribution >= 4 is 39.1 Å². The molecule has 24 heavy (non-hydrogen) atoms. The van der Waals surface area contributed by atoms with Crippen LogP contribution >= 0.6 is 23.2 Å². The number of hydrogen-bond acceptors (Lipinski definition) is 3. The Kier molecular flexibility index (Phi) is 6.53. The number of rotatable bonds is 5. The van der Waals surface area contributed by atoms with Gasteiger partial charge < -0.3 is 5.32 Å². The summed E-state index contributed by atoms with van der Waals surface area (Å²) >= 11 is 11.9. The van der Waals surface area contributed by atoms with E-state index in [1.54, 1.807) is 6.07 Å². The Morgan fingerprint density at radius 3 is 2.50 bits per heavy atom. The van der Waals surface area contributed by atoms with E-state index in [9.17, 15) is 13.2 Å². The molecule has 1 heterocycles. The van der Waals surface area contributed by atoms with E-state index in [0.29, 0.717) is 43.4 Å². The van der Waals surface area contributed by atoms with Gasteiger partial charge in [0.05, 0.1) is 5.02 Å². The summed E-state index contributed by atoms with van der Waals surface area (Å²) in [6.45, 7) is 5.29. The minimum absolute atomic E-state index is 0.00142. The molecule has 1 aromatic rings. The zero-order chi connectivity index (χ0) is 17.9. The SMILES string of the molecule is CC(C)CNC(=O)C1CCN(S(=O)(=O)c2cc(Cl)ccc2Cl)CC1. The van der Waals surface area contributed by atoms with Gasteiger partial charge in [0, 0.05) is 30.6 Å². The Balaban J connectivity index is 2.03. The molecule has 0 bridgehead atoms. The lowest BCUT2D eigenvalue weighted by Gasteiger charge is -2.31. The highest BCUT2D eigenvalue weighted by molar-refractivity contribution is 7.89. The van der Waals surface area contributed by atoms with Gasteiger partial charge in [-0.3, -0.25) is 4.79 Å². The van der Waals surface area contributed by atoms with Gasteiger partial charge in [0.25, 0.3) is 0 Å². The number of benzene rings is 1. The molecule has 0 atom stereocenters. The van der Waals surface area contributed by atoms with Crippen molar-refractivity contribution in [3.8, 4) is 0 Å². The lowest BCUT2D eigenvalue weighted by molar-refractivity contribution is -0.126. The monoisotopic (exact) mass is 392 g/mol. The summed E-state index contributed by atoms with van der Waals surface area (Å²) < 4.78 is 26.8. The zero-order valence-corrected chi connectivity index (χ0v) is 16.1. The first-order valence-electron chi connectivity index (χ1n) is 7.94. The Labute approximate surface area is 153 Å². The van der Waals surface area contributed by atoms with Gasteiger partial charge in [0.1, 0.15) is 4.90 Å². The maximum absolute atomic E-state index is 12.7. The van der Waals surface area contributed by atoms with E-state index < -0.39 is 10.0 Å². The number of nitrogens with zero attached hydrogens (tertiary/aromatic N) is 1. The van der Waals surface area contributed by atoms with Crippen LogP contribution in [0.2, 0.25) is 10.0 Å². The minimum Gasteiger partial charge on any atom is -0.356 e. The molecule has 1 fully saturated rings. The van der Waals surface area contributed by atoms with Gasteiger partial charge in [-0.15, -0.1) is 0 Å². The molecule has 8 heteroatoms. The fourth-order valence-electron chi connectivity index (χ4n) is 2.62. The summed E-state index contributed by atoms with van der Waals surface area (Å²) in [4.78, 5) is 12.1.